The van der Waals surface area contributed by atoms with E-state index in [1.165, 1.54) is 36.5 Å². The van der Waals surface area contributed by atoms with Crippen molar-refractivity contribution in [2.24, 2.45) is 0 Å². The average molecular weight is 448 g/mol. The van der Waals surface area contributed by atoms with E-state index in [0.29, 0.717) is 16.1 Å². The van der Waals surface area contributed by atoms with E-state index in [-0.39, 0.29) is 23.7 Å². The molecule has 0 saturated heterocycles. The molecule has 2 aromatic carbocycles. The van der Waals surface area contributed by atoms with Gasteiger partial charge in [0, 0.05) is 35.5 Å². The molecule has 3 rings (SSSR count). The number of nitrogens with one attached hydrogen (secondary N) is 1. The minimum Gasteiger partial charge on any atom is -0.439 e. The molecule has 3 aromatic rings. The zero-order chi connectivity index (χ0) is 22.4. The Hall–Kier alpha value is -3.77. The van der Waals surface area contributed by atoms with E-state index >= 15 is 0 Å². The van der Waals surface area contributed by atoms with Crippen LogP contribution in [-0.4, -0.2) is 17.3 Å². The average Bonchev–Trinajstić information content (AvgIpc) is 2.71. The fourth-order valence-corrected chi connectivity index (χ4v) is 2.75. The highest BCUT2D eigenvalue weighted by Gasteiger charge is 2.31. The summed E-state index contributed by atoms with van der Waals surface area (Å²) in [5, 5.41) is 11.9. The molecule has 0 saturated carbocycles. The van der Waals surface area contributed by atoms with E-state index in [1.807, 2.05) is 6.07 Å². The topological polar surface area (TPSA) is 84.2 Å². The van der Waals surface area contributed by atoms with Crippen molar-refractivity contribution >= 4 is 17.5 Å². The number of carbonyl (C=O) groups excluding carboxylic acids is 1. The van der Waals surface area contributed by atoms with E-state index in [4.69, 9.17) is 21.6 Å². The van der Waals surface area contributed by atoms with Gasteiger partial charge in [0.2, 0.25) is 5.88 Å². The van der Waals surface area contributed by atoms with Crippen LogP contribution in [0.1, 0.15) is 21.5 Å². The standard InChI is InChI=1S/C21H13ClF3N3O3/c22-18-8-13(11-26)4-5-15(18)12-28-20(29)14-6-7-27-19(9-14)30-16-2-1-3-17(10-16)31-21(23,24)25/h1-10H,12H2,(H,28,29). The van der Waals surface area contributed by atoms with Crippen molar-refractivity contribution in [1.29, 1.82) is 5.26 Å². The number of nitriles is 1. The highest BCUT2D eigenvalue weighted by atomic mass is 35.5. The summed E-state index contributed by atoms with van der Waals surface area (Å²) in [6.45, 7) is 0.124. The first-order valence-electron chi connectivity index (χ1n) is 8.70. The van der Waals surface area contributed by atoms with E-state index in [9.17, 15) is 18.0 Å². The van der Waals surface area contributed by atoms with Crippen LogP contribution in [0.15, 0.2) is 60.8 Å². The quantitative estimate of drug-likeness (QED) is 0.559. The largest absolute Gasteiger partial charge is 0.573 e. The second-order valence-electron chi connectivity index (χ2n) is 6.11. The fourth-order valence-electron chi connectivity index (χ4n) is 2.50. The highest BCUT2D eigenvalue weighted by molar-refractivity contribution is 6.31. The second kappa shape index (κ2) is 9.36. The summed E-state index contributed by atoms with van der Waals surface area (Å²) in [4.78, 5) is 16.4. The molecule has 0 radical (unpaired) electrons. The van der Waals surface area contributed by atoms with Crippen LogP contribution in [0.2, 0.25) is 5.02 Å². The number of ether oxygens (including phenoxy) is 2. The summed E-state index contributed by atoms with van der Waals surface area (Å²) < 4.78 is 46.4. The molecule has 158 valence electrons. The van der Waals surface area contributed by atoms with E-state index < -0.39 is 18.0 Å². The van der Waals surface area contributed by atoms with E-state index in [0.717, 1.165) is 12.1 Å². The molecular formula is C21H13ClF3N3O3. The van der Waals surface area contributed by atoms with Gasteiger partial charge in [0.1, 0.15) is 11.5 Å². The molecule has 0 aliphatic heterocycles. The zero-order valence-corrected chi connectivity index (χ0v) is 16.4. The third kappa shape index (κ3) is 6.35. The fraction of sp³-hybridized carbons (Fsp3) is 0.0952. The number of rotatable bonds is 6. The lowest BCUT2D eigenvalue weighted by molar-refractivity contribution is -0.274. The molecule has 0 fully saturated rings. The first kappa shape index (κ1) is 21.9. The van der Waals surface area contributed by atoms with Gasteiger partial charge in [0.15, 0.2) is 0 Å². The lowest BCUT2D eigenvalue weighted by atomic mass is 10.1. The van der Waals surface area contributed by atoms with Gasteiger partial charge in [-0.3, -0.25) is 4.79 Å². The van der Waals surface area contributed by atoms with Gasteiger partial charge in [-0.25, -0.2) is 4.98 Å². The zero-order valence-electron chi connectivity index (χ0n) is 15.6. The Morgan fingerprint density at radius 2 is 1.90 bits per heavy atom. The van der Waals surface area contributed by atoms with Gasteiger partial charge in [-0.15, -0.1) is 13.2 Å². The van der Waals surface area contributed by atoms with Crippen LogP contribution in [0, 0.1) is 11.3 Å². The van der Waals surface area contributed by atoms with Crippen molar-refractivity contribution in [2.45, 2.75) is 12.9 Å². The van der Waals surface area contributed by atoms with Crippen LogP contribution in [0.25, 0.3) is 0 Å². The molecule has 0 bridgehead atoms. The second-order valence-corrected chi connectivity index (χ2v) is 6.52. The van der Waals surface area contributed by atoms with Gasteiger partial charge in [-0.2, -0.15) is 5.26 Å². The van der Waals surface area contributed by atoms with E-state index in [1.54, 1.807) is 12.1 Å². The number of benzene rings is 2. The molecule has 0 aliphatic rings. The van der Waals surface area contributed by atoms with Gasteiger partial charge >= 0.3 is 6.36 Å². The lowest BCUT2D eigenvalue weighted by Crippen LogP contribution is -2.23. The van der Waals surface area contributed by atoms with Crippen LogP contribution >= 0.6 is 11.6 Å². The Morgan fingerprint density at radius 1 is 1.13 bits per heavy atom. The molecule has 1 amide bonds. The first-order chi connectivity index (χ1) is 14.7. The number of hydrogen-bond acceptors (Lipinski definition) is 5. The van der Waals surface area contributed by atoms with Gasteiger partial charge in [-0.05, 0) is 35.9 Å². The molecule has 31 heavy (non-hydrogen) atoms. The van der Waals surface area contributed by atoms with Crippen molar-refractivity contribution < 1.29 is 27.4 Å². The molecule has 1 N–H and O–H groups in total. The summed E-state index contributed by atoms with van der Waals surface area (Å²) in [5.74, 6) is -0.829. The predicted molar refractivity (Wildman–Crippen MR) is 105 cm³/mol. The lowest BCUT2D eigenvalue weighted by Gasteiger charge is -2.11. The van der Waals surface area contributed by atoms with Crippen LogP contribution in [0.4, 0.5) is 13.2 Å². The number of amides is 1. The number of pyridine rings is 1. The molecule has 0 aliphatic carbocycles. The van der Waals surface area contributed by atoms with Gasteiger partial charge in [0.05, 0.1) is 11.6 Å². The molecule has 0 atom stereocenters. The predicted octanol–water partition coefficient (Wildman–Crippen LogP) is 5.23. The number of carbonyl (C=O) groups is 1. The first-order valence-corrected chi connectivity index (χ1v) is 9.08. The van der Waals surface area contributed by atoms with Gasteiger partial charge < -0.3 is 14.8 Å². The van der Waals surface area contributed by atoms with Crippen LogP contribution < -0.4 is 14.8 Å². The van der Waals surface area contributed by atoms with Gasteiger partial charge in [0.25, 0.3) is 5.91 Å². The maximum absolute atomic E-state index is 12.4. The monoisotopic (exact) mass is 447 g/mol. The van der Waals surface area contributed by atoms with Gasteiger partial charge in [-0.1, -0.05) is 23.7 Å². The Morgan fingerprint density at radius 3 is 2.61 bits per heavy atom. The normalized spacial score (nSPS) is 10.8. The smallest absolute Gasteiger partial charge is 0.439 e. The number of hydrogen-bond donors (Lipinski definition) is 1. The maximum Gasteiger partial charge on any atom is 0.573 e. The molecule has 6 nitrogen and oxygen atoms in total. The Balaban J connectivity index is 1.67. The third-order valence-electron chi connectivity index (χ3n) is 3.88. The van der Waals surface area contributed by atoms with Crippen molar-refractivity contribution in [3.05, 3.63) is 82.5 Å². The SMILES string of the molecule is N#Cc1ccc(CNC(=O)c2ccnc(Oc3cccc(OC(F)(F)F)c3)c2)c(Cl)c1. The number of nitrogens with zero attached hydrogens (tertiary/aromatic N) is 2. The molecular weight excluding hydrogens is 435 g/mol. The molecule has 10 heteroatoms. The molecule has 1 aromatic heterocycles. The number of alkyl halides is 3. The summed E-state index contributed by atoms with van der Waals surface area (Å²) >= 11 is 6.09. The van der Waals surface area contributed by atoms with Crippen molar-refractivity contribution in [2.75, 3.05) is 0 Å². The van der Waals surface area contributed by atoms with Crippen LogP contribution in [0.5, 0.6) is 17.4 Å². The van der Waals surface area contributed by atoms with Crippen molar-refractivity contribution in [3.8, 4) is 23.4 Å². The van der Waals surface area contributed by atoms with Crippen molar-refractivity contribution in [3.63, 3.8) is 0 Å². The highest BCUT2D eigenvalue weighted by Crippen LogP contribution is 2.28. The summed E-state index contributed by atoms with van der Waals surface area (Å²) in [6, 6.07) is 14.4. The number of aromatic nitrogens is 1. The minimum absolute atomic E-state index is 0.00761. The Kier molecular flexibility index (Phi) is 6.62. The van der Waals surface area contributed by atoms with Crippen LogP contribution in [0.3, 0.4) is 0 Å². The summed E-state index contributed by atoms with van der Waals surface area (Å²) in [7, 11) is 0. The minimum atomic E-state index is -4.83. The molecule has 0 unspecified atom stereocenters. The Labute approximate surface area is 179 Å². The summed E-state index contributed by atoms with van der Waals surface area (Å²) in [5.41, 5.74) is 1.25. The summed E-state index contributed by atoms with van der Waals surface area (Å²) in [6.07, 6.45) is -3.50. The van der Waals surface area contributed by atoms with E-state index in [2.05, 4.69) is 15.0 Å². The molecule has 0 spiro atoms. The third-order valence-corrected chi connectivity index (χ3v) is 4.23. The maximum atomic E-state index is 12.4. The molecule has 1 heterocycles. The Bertz CT molecular complexity index is 1150. The van der Waals surface area contributed by atoms with Crippen molar-refractivity contribution in [1.82, 2.24) is 10.3 Å². The number of halogens is 4. The van der Waals surface area contributed by atoms with Crippen LogP contribution in [-0.2, 0) is 6.54 Å².